The van der Waals surface area contributed by atoms with E-state index in [1.54, 1.807) is 13.0 Å². The molecule has 2 aromatic heterocycles. The summed E-state index contributed by atoms with van der Waals surface area (Å²) in [5.74, 6) is -0.363. The fourth-order valence-corrected chi connectivity index (χ4v) is 2.99. The van der Waals surface area contributed by atoms with Crippen LogP contribution in [0.1, 0.15) is 23.0 Å². The number of nitrogens with one attached hydrogen (secondary N) is 1. The van der Waals surface area contributed by atoms with E-state index in [0.717, 1.165) is 28.0 Å². The summed E-state index contributed by atoms with van der Waals surface area (Å²) in [6.45, 7) is 4.18. The van der Waals surface area contributed by atoms with Gasteiger partial charge in [0.2, 0.25) is 0 Å². The summed E-state index contributed by atoms with van der Waals surface area (Å²) in [5, 5.41) is 4.80. The van der Waals surface area contributed by atoms with E-state index in [1.165, 1.54) is 5.56 Å². The van der Waals surface area contributed by atoms with Crippen LogP contribution in [0.25, 0.3) is 28.0 Å². The third-order valence-corrected chi connectivity index (χ3v) is 4.28. The second-order valence-corrected chi connectivity index (χ2v) is 6.13. The van der Waals surface area contributed by atoms with Gasteiger partial charge in [0.15, 0.2) is 0 Å². The van der Waals surface area contributed by atoms with Crippen LogP contribution >= 0.6 is 0 Å². The Hall–Kier alpha value is -3.34. The number of aromatic amines is 1. The van der Waals surface area contributed by atoms with E-state index in [9.17, 15) is 4.79 Å². The normalized spacial score (nSPS) is 11.0. The first kappa shape index (κ1) is 16.1. The number of benzene rings is 2. The number of aryl methyl sites for hydroxylation is 1. The Kier molecular flexibility index (Phi) is 4.05. The van der Waals surface area contributed by atoms with Crippen LogP contribution in [0, 0.1) is 6.92 Å². The number of carbonyl (C=O) groups is 1. The molecule has 0 unspecified atom stereocenters. The van der Waals surface area contributed by atoms with E-state index >= 15 is 0 Å². The molecule has 0 aliphatic carbocycles. The number of fused-ring (bicyclic) bond motifs is 1. The van der Waals surface area contributed by atoms with Gasteiger partial charge in [0.05, 0.1) is 23.3 Å². The third-order valence-electron chi connectivity index (χ3n) is 4.28. The summed E-state index contributed by atoms with van der Waals surface area (Å²) in [5.41, 5.74) is 6.01. The van der Waals surface area contributed by atoms with Crippen LogP contribution in [-0.4, -0.2) is 27.3 Å². The van der Waals surface area contributed by atoms with Gasteiger partial charge in [0, 0.05) is 5.56 Å². The molecule has 2 heterocycles. The average Bonchev–Trinajstić information content (AvgIpc) is 3.23. The third kappa shape index (κ3) is 2.77. The molecule has 0 aliphatic heterocycles. The van der Waals surface area contributed by atoms with E-state index in [1.807, 2.05) is 47.1 Å². The second-order valence-electron chi connectivity index (χ2n) is 6.13. The van der Waals surface area contributed by atoms with Crippen molar-refractivity contribution in [2.24, 2.45) is 0 Å². The molecule has 2 aromatic carbocycles. The first-order valence-corrected chi connectivity index (χ1v) is 8.58. The van der Waals surface area contributed by atoms with Crippen LogP contribution in [0.5, 0.6) is 0 Å². The van der Waals surface area contributed by atoms with Gasteiger partial charge < -0.3 is 9.72 Å². The van der Waals surface area contributed by atoms with Crippen LogP contribution in [0.3, 0.4) is 0 Å². The number of aromatic nitrogens is 3. The summed E-state index contributed by atoms with van der Waals surface area (Å²) in [4.78, 5) is 15.4. The molecule has 0 bridgehead atoms. The fourth-order valence-electron chi connectivity index (χ4n) is 2.99. The monoisotopic (exact) mass is 345 g/mol. The first-order chi connectivity index (χ1) is 12.7. The van der Waals surface area contributed by atoms with Crippen molar-refractivity contribution in [3.63, 3.8) is 0 Å². The quantitative estimate of drug-likeness (QED) is 0.554. The number of hydrogen-bond donors (Lipinski definition) is 1. The van der Waals surface area contributed by atoms with Crippen molar-refractivity contribution >= 4 is 17.0 Å². The molecule has 0 saturated carbocycles. The van der Waals surface area contributed by atoms with Crippen molar-refractivity contribution in [2.75, 3.05) is 6.61 Å². The Bertz CT molecular complexity index is 1060. The molecular formula is C21H19N3O2. The lowest BCUT2D eigenvalue weighted by molar-refractivity contribution is 0.0520. The maximum atomic E-state index is 12.2. The number of ether oxygens (including phenoxy) is 1. The topological polar surface area (TPSA) is 59.9 Å². The van der Waals surface area contributed by atoms with Gasteiger partial charge in [-0.2, -0.15) is 5.10 Å². The van der Waals surface area contributed by atoms with Gasteiger partial charge in [0.1, 0.15) is 11.4 Å². The second kappa shape index (κ2) is 6.52. The minimum atomic E-state index is -0.363. The smallest absolute Gasteiger partial charge is 0.354 e. The molecule has 130 valence electrons. The Morgan fingerprint density at radius 1 is 1.12 bits per heavy atom. The largest absolute Gasteiger partial charge is 0.461 e. The molecule has 0 radical (unpaired) electrons. The minimum absolute atomic E-state index is 0.337. The van der Waals surface area contributed by atoms with Crippen LogP contribution in [0.15, 0.2) is 60.7 Å². The highest BCUT2D eigenvalue weighted by Gasteiger charge is 2.19. The number of H-pyrrole nitrogens is 1. The summed E-state index contributed by atoms with van der Waals surface area (Å²) in [7, 11) is 0. The Balaban J connectivity index is 1.93. The van der Waals surface area contributed by atoms with Gasteiger partial charge in [-0.25, -0.2) is 9.48 Å². The predicted molar refractivity (Wildman–Crippen MR) is 102 cm³/mol. The standard InChI is InChI=1S/C21H19N3O2/c1-3-26-21(25)17-13-18-20(22-17)19(15-11-9-14(2)10-12-15)23-24(18)16-7-5-4-6-8-16/h4-13,22H,3H2,1-2H3. The van der Waals surface area contributed by atoms with Crippen molar-refractivity contribution in [1.29, 1.82) is 0 Å². The highest BCUT2D eigenvalue weighted by Crippen LogP contribution is 2.30. The van der Waals surface area contributed by atoms with Crippen LogP contribution in [0.4, 0.5) is 0 Å². The zero-order valence-corrected chi connectivity index (χ0v) is 14.7. The maximum absolute atomic E-state index is 12.2. The maximum Gasteiger partial charge on any atom is 0.354 e. The molecule has 0 atom stereocenters. The van der Waals surface area contributed by atoms with Crippen LogP contribution < -0.4 is 0 Å². The molecular weight excluding hydrogens is 326 g/mol. The molecule has 0 saturated heterocycles. The molecule has 0 fully saturated rings. The van der Waals surface area contributed by atoms with Crippen molar-refractivity contribution in [1.82, 2.24) is 14.8 Å². The summed E-state index contributed by atoms with van der Waals surface area (Å²) < 4.78 is 6.98. The van der Waals surface area contributed by atoms with Gasteiger partial charge in [0.25, 0.3) is 0 Å². The number of nitrogens with zero attached hydrogens (tertiary/aromatic N) is 2. The van der Waals surface area contributed by atoms with E-state index in [-0.39, 0.29) is 5.97 Å². The van der Waals surface area contributed by atoms with Crippen LogP contribution in [-0.2, 0) is 4.74 Å². The Labute approximate surface area is 151 Å². The molecule has 4 aromatic rings. The van der Waals surface area contributed by atoms with E-state index in [2.05, 4.69) is 24.0 Å². The SMILES string of the molecule is CCOC(=O)c1cc2c([nH]1)c(-c1ccc(C)cc1)nn2-c1ccccc1. The summed E-state index contributed by atoms with van der Waals surface area (Å²) >= 11 is 0. The molecule has 5 nitrogen and oxygen atoms in total. The van der Waals surface area contributed by atoms with Crippen LogP contribution in [0.2, 0.25) is 0 Å². The van der Waals surface area contributed by atoms with Crippen molar-refractivity contribution in [3.05, 3.63) is 71.9 Å². The summed E-state index contributed by atoms with van der Waals surface area (Å²) in [6, 6.07) is 19.9. The lowest BCUT2D eigenvalue weighted by atomic mass is 10.1. The van der Waals surface area contributed by atoms with Gasteiger partial charge >= 0.3 is 5.97 Å². The van der Waals surface area contributed by atoms with Crippen molar-refractivity contribution in [3.8, 4) is 16.9 Å². The number of rotatable bonds is 4. The van der Waals surface area contributed by atoms with E-state index < -0.39 is 0 Å². The van der Waals surface area contributed by atoms with Gasteiger partial charge in [-0.15, -0.1) is 0 Å². The highest BCUT2D eigenvalue weighted by molar-refractivity contribution is 5.99. The van der Waals surface area contributed by atoms with Crippen molar-refractivity contribution < 1.29 is 9.53 Å². The first-order valence-electron chi connectivity index (χ1n) is 8.58. The number of para-hydroxylation sites is 1. The minimum Gasteiger partial charge on any atom is -0.461 e. The number of carbonyl (C=O) groups excluding carboxylic acids is 1. The molecule has 26 heavy (non-hydrogen) atoms. The number of esters is 1. The van der Waals surface area contributed by atoms with E-state index in [4.69, 9.17) is 9.84 Å². The predicted octanol–water partition coefficient (Wildman–Crippen LogP) is 4.51. The number of hydrogen-bond acceptors (Lipinski definition) is 3. The summed E-state index contributed by atoms with van der Waals surface area (Å²) in [6.07, 6.45) is 0. The average molecular weight is 345 g/mol. The fraction of sp³-hybridized carbons (Fsp3) is 0.143. The van der Waals surface area contributed by atoms with Gasteiger partial charge in [-0.3, -0.25) is 0 Å². The lowest BCUT2D eigenvalue weighted by Gasteiger charge is -2.03. The molecule has 5 heteroatoms. The lowest BCUT2D eigenvalue weighted by Crippen LogP contribution is -2.05. The highest BCUT2D eigenvalue weighted by atomic mass is 16.5. The van der Waals surface area contributed by atoms with E-state index in [0.29, 0.717) is 12.3 Å². The van der Waals surface area contributed by atoms with Crippen molar-refractivity contribution in [2.45, 2.75) is 13.8 Å². The molecule has 1 N–H and O–H groups in total. The molecule has 0 spiro atoms. The Morgan fingerprint density at radius 2 is 1.85 bits per heavy atom. The Morgan fingerprint density at radius 3 is 2.54 bits per heavy atom. The zero-order chi connectivity index (χ0) is 18.1. The zero-order valence-electron chi connectivity index (χ0n) is 14.7. The van der Waals surface area contributed by atoms with Gasteiger partial charge in [-0.05, 0) is 32.0 Å². The molecule has 0 aliphatic rings. The molecule has 4 rings (SSSR count). The van der Waals surface area contributed by atoms with Gasteiger partial charge in [-0.1, -0.05) is 48.0 Å². The molecule has 0 amide bonds.